The number of carbonyl (C=O) groups excluding carboxylic acids is 1. The second kappa shape index (κ2) is 6.40. The average molecular weight is 323 g/mol. The molecular formula is C15H21N3OS2. The molecule has 0 saturated heterocycles. The summed E-state index contributed by atoms with van der Waals surface area (Å²) in [7, 11) is 0. The summed E-state index contributed by atoms with van der Waals surface area (Å²) in [6, 6.07) is 0.454. The molecule has 1 saturated carbocycles. The molecule has 21 heavy (non-hydrogen) atoms. The van der Waals surface area contributed by atoms with E-state index in [0.29, 0.717) is 16.9 Å². The normalized spacial score (nSPS) is 18.4. The molecule has 1 aromatic rings. The molecule has 1 amide bonds. The largest absolute Gasteiger partial charge is 0.375 e. The summed E-state index contributed by atoms with van der Waals surface area (Å²) < 4.78 is 1.06. The van der Waals surface area contributed by atoms with Crippen molar-refractivity contribution in [3.05, 3.63) is 17.5 Å². The van der Waals surface area contributed by atoms with E-state index in [-0.39, 0.29) is 5.91 Å². The zero-order valence-corrected chi connectivity index (χ0v) is 13.9. The van der Waals surface area contributed by atoms with Gasteiger partial charge >= 0.3 is 0 Å². The summed E-state index contributed by atoms with van der Waals surface area (Å²) >= 11 is 3.04. The number of thioether (sulfide) groups is 1. The molecule has 4 nitrogen and oxygen atoms in total. The number of carbonyl (C=O) groups is 1. The first-order valence-corrected chi connectivity index (χ1v) is 9.32. The number of nitrogens with two attached hydrogens (primary N) is 1. The third-order valence-electron chi connectivity index (χ3n) is 3.85. The fourth-order valence-corrected chi connectivity index (χ4v) is 4.59. The number of nitrogen functional groups attached to an aromatic ring is 1. The van der Waals surface area contributed by atoms with E-state index in [1.54, 1.807) is 11.8 Å². The molecule has 3 rings (SSSR count). The van der Waals surface area contributed by atoms with Crippen LogP contribution in [0.3, 0.4) is 0 Å². The van der Waals surface area contributed by atoms with Gasteiger partial charge in [-0.25, -0.2) is 4.98 Å². The minimum absolute atomic E-state index is 0.238. The third-order valence-corrected chi connectivity index (χ3v) is 6.19. The maximum absolute atomic E-state index is 12.6. The molecule has 0 aromatic carbocycles. The summed E-state index contributed by atoms with van der Waals surface area (Å²) in [5.74, 6) is 0.720. The first kappa shape index (κ1) is 14.9. The van der Waals surface area contributed by atoms with Crippen LogP contribution in [0.1, 0.15) is 44.2 Å². The van der Waals surface area contributed by atoms with E-state index in [9.17, 15) is 4.79 Å². The number of thiazole rings is 1. The highest BCUT2D eigenvalue weighted by atomic mass is 32.2. The number of hydrogen-bond acceptors (Lipinski definition) is 5. The molecule has 1 heterocycles. The lowest BCUT2D eigenvalue weighted by atomic mass is 10.0. The number of amides is 1. The Morgan fingerprint density at radius 1 is 1.52 bits per heavy atom. The molecule has 0 unspecified atom stereocenters. The van der Waals surface area contributed by atoms with Gasteiger partial charge in [0.15, 0.2) is 5.13 Å². The molecule has 114 valence electrons. The lowest BCUT2D eigenvalue weighted by Gasteiger charge is -2.27. The topological polar surface area (TPSA) is 59.2 Å². The lowest BCUT2D eigenvalue weighted by molar-refractivity contribution is -0.127. The zero-order valence-electron chi connectivity index (χ0n) is 12.3. The van der Waals surface area contributed by atoms with Gasteiger partial charge in [0.05, 0.1) is 15.7 Å². The van der Waals surface area contributed by atoms with Crippen molar-refractivity contribution in [2.75, 3.05) is 11.5 Å². The van der Waals surface area contributed by atoms with E-state index >= 15 is 0 Å². The predicted molar refractivity (Wildman–Crippen MR) is 88.4 cm³/mol. The molecule has 1 aromatic heterocycles. The van der Waals surface area contributed by atoms with Crippen molar-refractivity contribution in [3.63, 3.8) is 0 Å². The summed E-state index contributed by atoms with van der Waals surface area (Å²) in [5.41, 5.74) is 7.90. The van der Waals surface area contributed by atoms with E-state index in [1.165, 1.54) is 29.9 Å². The number of hydrogen-bond donors (Lipinski definition) is 1. The first-order chi connectivity index (χ1) is 10.1. The van der Waals surface area contributed by atoms with Gasteiger partial charge in [-0.1, -0.05) is 17.4 Å². The highest BCUT2D eigenvalue weighted by molar-refractivity contribution is 8.01. The van der Waals surface area contributed by atoms with Gasteiger partial charge in [-0.3, -0.25) is 4.79 Å². The summed E-state index contributed by atoms with van der Waals surface area (Å²) in [6.07, 6.45) is 9.20. The molecular weight excluding hydrogens is 302 g/mol. The Morgan fingerprint density at radius 2 is 2.33 bits per heavy atom. The molecule has 0 aliphatic heterocycles. The van der Waals surface area contributed by atoms with Gasteiger partial charge in [-0.15, -0.1) is 11.8 Å². The van der Waals surface area contributed by atoms with Crippen LogP contribution in [-0.4, -0.2) is 27.6 Å². The number of anilines is 1. The SMILES string of the molecule is Cc1nc(N)sc1SCC(=O)N(C1=CCCCC1)C1CC1. The molecule has 0 radical (unpaired) electrons. The van der Waals surface area contributed by atoms with Crippen LogP contribution in [0.15, 0.2) is 16.0 Å². The van der Waals surface area contributed by atoms with Crippen molar-refractivity contribution in [1.82, 2.24) is 9.88 Å². The summed E-state index contributed by atoms with van der Waals surface area (Å²) in [6.45, 7) is 1.95. The Bertz CT molecular complexity index is 563. The van der Waals surface area contributed by atoms with Gasteiger partial charge in [0.2, 0.25) is 5.91 Å². The molecule has 2 aliphatic carbocycles. The van der Waals surface area contributed by atoms with E-state index in [0.717, 1.165) is 35.6 Å². The van der Waals surface area contributed by atoms with Crippen LogP contribution in [0.4, 0.5) is 5.13 Å². The smallest absolute Gasteiger partial charge is 0.237 e. The number of rotatable bonds is 5. The fraction of sp³-hybridized carbons (Fsp3) is 0.600. The van der Waals surface area contributed by atoms with E-state index in [1.807, 2.05) is 6.92 Å². The highest BCUT2D eigenvalue weighted by Crippen LogP contribution is 2.36. The number of aromatic nitrogens is 1. The minimum atomic E-state index is 0.238. The fourth-order valence-electron chi connectivity index (χ4n) is 2.70. The minimum Gasteiger partial charge on any atom is -0.375 e. The Kier molecular flexibility index (Phi) is 4.54. The molecule has 6 heteroatoms. The van der Waals surface area contributed by atoms with Crippen LogP contribution in [0, 0.1) is 6.92 Å². The predicted octanol–water partition coefficient (Wildman–Crippen LogP) is 3.57. The second-order valence-corrected chi connectivity index (χ2v) is 7.92. The van der Waals surface area contributed by atoms with Crippen LogP contribution in [0.25, 0.3) is 0 Å². The number of allylic oxidation sites excluding steroid dienone is 2. The van der Waals surface area contributed by atoms with Crippen molar-refractivity contribution >= 4 is 34.1 Å². The second-order valence-electron chi connectivity index (χ2n) is 5.65. The zero-order chi connectivity index (χ0) is 14.8. The van der Waals surface area contributed by atoms with E-state index in [2.05, 4.69) is 16.0 Å². The maximum Gasteiger partial charge on any atom is 0.237 e. The average Bonchev–Trinajstić information content (AvgIpc) is 3.24. The Balaban J connectivity index is 1.64. The summed E-state index contributed by atoms with van der Waals surface area (Å²) in [5, 5.41) is 0.580. The van der Waals surface area contributed by atoms with Crippen molar-refractivity contribution in [2.24, 2.45) is 0 Å². The Hall–Kier alpha value is -1.01. The monoisotopic (exact) mass is 323 g/mol. The van der Waals surface area contributed by atoms with Gasteiger partial charge in [-0.2, -0.15) is 0 Å². The third kappa shape index (κ3) is 3.61. The van der Waals surface area contributed by atoms with E-state index in [4.69, 9.17) is 5.73 Å². The Morgan fingerprint density at radius 3 is 2.90 bits per heavy atom. The van der Waals surface area contributed by atoms with Crippen molar-refractivity contribution < 1.29 is 4.79 Å². The highest BCUT2D eigenvalue weighted by Gasteiger charge is 2.34. The molecule has 0 atom stereocenters. The quantitative estimate of drug-likeness (QED) is 0.842. The first-order valence-electron chi connectivity index (χ1n) is 7.52. The maximum atomic E-state index is 12.6. The van der Waals surface area contributed by atoms with Gasteiger partial charge in [0.1, 0.15) is 0 Å². The van der Waals surface area contributed by atoms with Crippen molar-refractivity contribution in [3.8, 4) is 0 Å². The van der Waals surface area contributed by atoms with Gasteiger partial charge in [0, 0.05) is 11.7 Å². The van der Waals surface area contributed by atoms with Gasteiger partial charge < -0.3 is 10.6 Å². The van der Waals surface area contributed by atoms with Crippen molar-refractivity contribution in [2.45, 2.75) is 55.7 Å². The summed E-state index contributed by atoms with van der Waals surface area (Å²) in [4.78, 5) is 18.9. The van der Waals surface area contributed by atoms with Crippen molar-refractivity contribution in [1.29, 1.82) is 0 Å². The van der Waals surface area contributed by atoms with Crippen LogP contribution < -0.4 is 5.73 Å². The molecule has 2 aliphatic rings. The van der Waals surface area contributed by atoms with Crippen LogP contribution in [0.2, 0.25) is 0 Å². The molecule has 0 bridgehead atoms. The lowest BCUT2D eigenvalue weighted by Crippen LogP contribution is -2.34. The molecule has 1 fully saturated rings. The molecule has 0 spiro atoms. The van der Waals surface area contributed by atoms with Crippen LogP contribution in [-0.2, 0) is 4.79 Å². The van der Waals surface area contributed by atoms with Gasteiger partial charge in [-0.05, 0) is 45.4 Å². The van der Waals surface area contributed by atoms with Crippen LogP contribution >= 0.6 is 23.1 Å². The number of aryl methyl sites for hydroxylation is 1. The molecule has 2 N–H and O–H groups in total. The Labute approximate surface area is 133 Å². The number of nitrogens with zero attached hydrogens (tertiary/aromatic N) is 2. The van der Waals surface area contributed by atoms with Gasteiger partial charge in [0.25, 0.3) is 0 Å². The standard InChI is InChI=1S/C15H21N3OS2/c1-10-14(21-15(16)17-10)20-9-13(19)18(12-7-8-12)11-5-3-2-4-6-11/h5,12H,2-4,6-9H2,1H3,(H2,16,17). The van der Waals surface area contributed by atoms with E-state index < -0.39 is 0 Å². The van der Waals surface area contributed by atoms with Crippen LogP contribution in [0.5, 0.6) is 0 Å².